The lowest BCUT2D eigenvalue weighted by Crippen LogP contribution is -2.47. The van der Waals surface area contributed by atoms with Gasteiger partial charge in [-0.15, -0.1) is 0 Å². The summed E-state index contributed by atoms with van der Waals surface area (Å²) >= 11 is 0. The van der Waals surface area contributed by atoms with Gasteiger partial charge in [-0.1, -0.05) is 6.07 Å². The van der Waals surface area contributed by atoms with Gasteiger partial charge in [0, 0.05) is 45.6 Å². The Labute approximate surface area is 161 Å². The molecule has 0 amide bonds. The van der Waals surface area contributed by atoms with E-state index in [2.05, 4.69) is 34.7 Å². The van der Waals surface area contributed by atoms with E-state index in [9.17, 15) is 0 Å². The summed E-state index contributed by atoms with van der Waals surface area (Å²) in [6, 6.07) is 7.71. The molecule has 140 valence electrons. The first-order valence-electron chi connectivity index (χ1n) is 9.16. The van der Waals surface area contributed by atoms with Gasteiger partial charge in [0.2, 0.25) is 5.95 Å². The van der Waals surface area contributed by atoms with E-state index < -0.39 is 0 Å². The van der Waals surface area contributed by atoms with E-state index in [1.807, 2.05) is 35.9 Å². The fourth-order valence-electron chi connectivity index (χ4n) is 3.48. The molecular formula is C19H19N9. The minimum Gasteiger partial charge on any atom is -0.351 e. The molecule has 1 aliphatic heterocycles. The smallest absolute Gasteiger partial charge is 0.226 e. The van der Waals surface area contributed by atoms with Gasteiger partial charge < -0.3 is 14.4 Å². The van der Waals surface area contributed by atoms with Gasteiger partial charge in [-0.25, -0.2) is 24.9 Å². The van der Waals surface area contributed by atoms with Crippen LogP contribution in [0.5, 0.6) is 0 Å². The standard InChI is InChI=1S/C19H19N9/c1-26-13-24-17-16(26)18(23-12-22-17)27-8-10-28(11-9-27)19-21-7-5-15(25-19)14-4-2-3-6-20-14/h2-7,12-13H,8-11H2,1H3. The van der Waals surface area contributed by atoms with Crippen molar-refractivity contribution in [3.05, 3.63) is 49.3 Å². The number of rotatable bonds is 3. The maximum absolute atomic E-state index is 4.71. The van der Waals surface area contributed by atoms with Crippen LogP contribution in [0.1, 0.15) is 0 Å². The highest BCUT2D eigenvalue weighted by Gasteiger charge is 2.23. The number of aryl methyl sites for hydroxylation is 1. The molecule has 9 heteroatoms. The SMILES string of the molecule is Cn1cnc2ncnc(N3CCN(c4nccc(-c5ccccn5)n4)CC3)c21. The van der Waals surface area contributed by atoms with Crippen molar-refractivity contribution < 1.29 is 0 Å². The van der Waals surface area contributed by atoms with E-state index in [4.69, 9.17) is 4.98 Å². The molecule has 0 atom stereocenters. The first kappa shape index (κ1) is 16.5. The van der Waals surface area contributed by atoms with Crippen molar-refractivity contribution in [1.29, 1.82) is 0 Å². The van der Waals surface area contributed by atoms with Crippen molar-refractivity contribution in [1.82, 2.24) is 34.5 Å². The number of hydrogen-bond acceptors (Lipinski definition) is 8. The molecule has 1 saturated heterocycles. The van der Waals surface area contributed by atoms with Gasteiger partial charge in [0.1, 0.15) is 11.8 Å². The molecule has 28 heavy (non-hydrogen) atoms. The zero-order valence-corrected chi connectivity index (χ0v) is 15.5. The second kappa shape index (κ2) is 6.84. The van der Waals surface area contributed by atoms with Crippen molar-refractivity contribution in [2.75, 3.05) is 36.0 Å². The lowest BCUT2D eigenvalue weighted by atomic mass is 10.2. The monoisotopic (exact) mass is 373 g/mol. The first-order chi connectivity index (χ1) is 13.8. The van der Waals surface area contributed by atoms with E-state index in [1.54, 1.807) is 25.0 Å². The summed E-state index contributed by atoms with van der Waals surface area (Å²) in [6.07, 6.45) is 6.92. The molecule has 5 rings (SSSR count). The van der Waals surface area contributed by atoms with Gasteiger partial charge in [-0.3, -0.25) is 4.98 Å². The summed E-state index contributed by atoms with van der Waals surface area (Å²) in [7, 11) is 1.97. The Morgan fingerprint density at radius 1 is 0.786 bits per heavy atom. The summed E-state index contributed by atoms with van der Waals surface area (Å²) in [5, 5.41) is 0. The normalized spacial score (nSPS) is 14.6. The largest absolute Gasteiger partial charge is 0.351 e. The fraction of sp³-hybridized carbons (Fsp3) is 0.263. The second-order valence-corrected chi connectivity index (χ2v) is 6.66. The number of fused-ring (bicyclic) bond motifs is 1. The summed E-state index contributed by atoms with van der Waals surface area (Å²) in [5.74, 6) is 1.66. The van der Waals surface area contributed by atoms with Crippen LogP contribution in [0.25, 0.3) is 22.6 Å². The molecule has 1 fully saturated rings. The van der Waals surface area contributed by atoms with Gasteiger partial charge in [-0.2, -0.15) is 0 Å². The molecule has 0 radical (unpaired) electrons. The summed E-state index contributed by atoms with van der Waals surface area (Å²) in [6.45, 7) is 3.28. The van der Waals surface area contributed by atoms with Crippen LogP contribution in [0.15, 0.2) is 49.3 Å². The Bertz CT molecular complexity index is 1100. The third kappa shape index (κ3) is 2.90. The zero-order valence-electron chi connectivity index (χ0n) is 15.5. The fourth-order valence-corrected chi connectivity index (χ4v) is 3.48. The van der Waals surface area contributed by atoms with Crippen LogP contribution in [0.2, 0.25) is 0 Å². The number of imidazole rings is 1. The lowest BCUT2D eigenvalue weighted by Gasteiger charge is -2.35. The van der Waals surface area contributed by atoms with Gasteiger partial charge in [0.05, 0.1) is 17.7 Å². The van der Waals surface area contributed by atoms with E-state index >= 15 is 0 Å². The Kier molecular flexibility index (Phi) is 4.04. The third-order valence-corrected chi connectivity index (χ3v) is 4.92. The summed E-state index contributed by atoms with van der Waals surface area (Å²) in [5.41, 5.74) is 3.37. The number of piperazine rings is 1. The highest BCUT2D eigenvalue weighted by atomic mass is 15.3. The minimum atomic E-state index is 0.723. The van der Waals surface area contributed by atoms with Crippen LogP contribution in [0.3, 0.4) is 0 Å². The quantitative estimate of drug-likeness (QED) is 0.534. The summed E-state index contributed by atoms with van der Waals surface area (Å²) in [4.78, 5) is 31.1. The Morgan fingerprint density at radius 3 is 2.46 bits per heavy atom. The number of hydrogen-bond donors (Lipinski definition) is 0. The molecule has 0 aromatic carbocycles. The minimum absolute atomic E-state index is 0.723. The van der Waals surface area contributed by atoms with Crippen LogP contribution in [-0.2, 0) is 7.05 Å². The molecule has 4 aromatic heterocycles. The molecule has 0 saturated carbocycles. The van der Waals surface area contributed by atoms with Gasteiger partial charge in [0.15, 0.2) is 11.5 Å². The van der Waals surface area contributed by atoms with Gasteiger partial charge in [0.25, 0.3) is 0 Å². The number of anilines is 2. The molecule has 5 heterocycles. The van der Waals surface area contributed by atoms with Crippen LogP contribution < -0.4 is 9.80 Å². The van der Waals surface area contributed by atoms with Gasteiger partial charge >= 0.3 is 0 Å². The maximum Gasteiger partial charge on any atom is 0.226 e. The topological polar surface area (TPSA) is 88.8 Å². The third-order valence-electron chi connectivity index (χ3n) is 4.92. The molecule has 1 aliphatic rings. The molecule has 9 nitrogen and oxygen atoms in total. The molecule has 0 N–H and O–H groups in total. The van der Waals surface area contributed by atoms with Crippen molar-refractivity contribution in [2.24, 2.45) is 7.05 Å². The van der Waals surface area contributed by atoms with Crippen molar-refractivity contribution in [3.8, 4) is 11.4 Å². The molecule has 0 spiro atoms. The number of aromatic nitrogens is 7. The highest BCUT2D eigenvalue weighted by Crippen LogP contribution is 2.24. The average molecular weight is 373 g/mol. The van der Waals surface area contributed by atoms with Crippen LogP contribution in [0, 0.1) is 0 Å². The Hall–Kier alpha value is -3.62. The van der Waals surface area contributed by atoms with E-state index in [0.717, 1.165) is 60.5 Å². The number of nitrogens with zero attached hydrogens (tertiary/aromatic N) is 9. The molecule has 0 unspecified atom stereocenters. The lowest BCUT2D eigenvalue weighted by molar-refractivity contribution is 0.635. The predicted octanol–water partition coefficient (Wildman–Crippen LogP) is 1.54. The second-order valence-electron chi connectivity index (χ2n) is 6.66. The first-order valence-corrected chi connectivity index (χ1v) is 9.16. The highest BCUT2D eigenvalue weighted by molar-refractivity contribution is 5.83. The Morgan fingerprint density at radius 2 is 1.64 bits per heavy atom. The average Bonchev–Trinajstić information content (AvgIpc) is 3.16. The Balaban J connectivity index is 1.36. The van der Waals surface area contributed by atoms with Crippen molar-refractivity contribution in [2.45, 2.75) is 0 Å². The molecule has 0 bridgehead atoms. The van der Waals surface area contributed by atoms with E-state index in [0.29, 0.717) is 0 Å². The van der Waals surface area contributed by atoms with Crippen LogP contribution >= 0.6 is 0 Å². The van der Waals surface area contributed by atoms with Crippen LogP contribution in [-0.4, -0.2) is 60.6 Å². The van der Waals surface area contributed by atoms with E-state index in [-0.39, 0.29) is 0 Å². The van der Waals surface area contributed by atoms with Crippen LogP contribution in [0.4, 0.5) is 11.8 Å². The van der Waals surface area contributed by atoms with Crippen molar-refractivity contribution >= 4 is 22.9 Å². The zero-order chi connectivity index (χ0) is 18.9. The van der Waals surface area contributed by atoms with Gasteiger partial charge in [-0.05, 0) is 18.2 Å². The molecule has 0 aliphatic carbocycles. The number of pyridine rings is 1. The predicted molar refractivity (Wildman–Crippen MR) is 106 cm³/mol. The molecular weight excluding hydrogens is 354 g/mol. The molecule has 4 aromatic rings. The van der Waals surface area contributed by atoms with Crippen molar-refractivity contribution in [3.63, 3.8) is 0 Å². The summed E-state index contributed by atoms with van der Waals surface area (Å²) < 4.78 is 1.97. The maximum atomic E-state index is 4.71. The van der Waals surface area contributed by atoms with E-state index in [1.165, 1.54) is 0 Å².